The van der Waals surface area contributed by atoms with Gasteiger partial charge >= 0.3 is 12.2 Å². The zero-order valence-electron chi connectivity index (χ0n) is 26.6. The van der Waals surface area contributed by atoms with Crippen LogP contribution in [0.4, 0.5) is 21.2 Å². The lowest BCUT2D eigenvalue weighted by Crippen LogP contribution is -2.46. The Morgan fingerprint density at radius 3 is 1.33 bits per heavy atom. The molecule has 2 aliphatic heterocycles. The van der Waals surface area contributed by atoms with E-state index in [0.29, 0.717) is 36.6 Å². The molecule has 4 heterocycles. The molecule has 0 radical (unpaired) electrons. The van der Waals surface area contributed by atoms with E-state index in [2.05, 4.69) is 33.6 Å². The summed E-state index contributed by atoms with van der Waals surface area (Å²) in [6.07, 6.45) is 9.55. The number of carbonyl (C=O) groups is 2. The molecular weight excluding hydrogens is 600 g/mol. The van der Waals surface area contributed by atoms with Crippen LogP contribution < -0.4 is 9.80 Å². The van der Waals surface area contributed by atoms with Gasteiger partial charge in [-0.1, -0.05) is 60.1 Å². The van der Waals surface area contributed by atoms with Crippen molar-refractivity contribution in [1.82, 2.24) is 9.97 Å². The van der Waals surface area contributed by atoms with Crippen LogP contribution >= 0.6 is 0 Å². The van der Waals surface area contributed by atoms with E-state index in [-0.39, 0.29) is 24.4 Å². The summed E-state index contributed by atoms with van der Waals surface area (Å²) in [6.45, 7) is 1.40. The summed E-state index contributed by atoms with van der Waals surface area (Å²) in [6, 6.07) is 27.1. The molecule has 8 rings (SSSR count). The van der Waals surface area contributed by atoms with Gasteiger partial charge in [-0.05, 0) is 87.1 Å². The van der Waals surface area contributed by atoms with Crippen LogP contribution in [0.3, 0.4) is 0 Å². The van der Waals surface area contributed by atoms with Crippen LogP contribution in [-0.2, 0) is 9.47 Å². The zero-order chi connectivity index (χ0) is 32.7. The zero-order valence-corrected chi connectivity index (χ0v) is 26.6. The predicted octanol–water partition coefficient (Wildman–Crippen LogP) is 7.21. The minimum atomic E-state index is -0.284. The van der Waals surface area contributed by atoms with Gasteiger partial charge in [-0.15, -0.1) is 0 Å². The van der Waals surface area contributed by atoms with Crippen LogP contribution in [0.25, 0.3) is 0 Å². The molecule has 2 aromatic carbocycles. The number of pyridine rings is 2. The number of hydrogen-bond acceptors (Lipinski definition) is 6. The van der Waals surface area contributed by atoms with E-state index in [1.807, 2.05) is 84.9 Å². The van der Waals surface area contributed by atoms with Gasteiger partial charge in [0.1, 0.15) is 23.8 Å². The van der Waals surface area contributed by atoms with Crippen LogP contribution in [0.1, 0.15) is 60.8 Å². The molecule has 0 bridgehead atoms. The Morgan fingerprint density at radius 2 is 0.938 bits per heavy atom. The quantitative estimate of drug-likeness (QED) is 0.216. The molecule has 4 unspecified atom stereocenters. The lowest BCUT2D eigenvalue weighted by atomic mass is 10.0. The predicted molar refractivity (Wildman–Crippen MR) is 183 cm³/mol. The fourth-order valence-electron chi connectivity index (χ4n) is 6.68. The lowest BCUT2D eigenvalue weighted by molar-refractivity contribution is 0.0627. The third kappa shape index (κ3) is 7.35. The van der Waals surface area contributed by atoms with Crippen molar-refractivity contribution in [2.24, 2.45) is 11.8 Å². The van der Waals surface area contributed by atoms with Crippen LogP contribution in [0.15, 0.2) is 97.3 Å². The molecule has 240 valence electrons. The van der Waals surface area contributed by atoms with Crippen LogP contribution in [0, 0.1) is 35.5 Å². The number of hydrogen-bond donors (Lipinski definition) is 0. The number of anilines is 2. The average Bonchev–Trinajstić information content (AvgIpc) is 3.80. The molecule has 4 fully saturated rings. The average molecular weight is 637 g/mol. The number of rotatable bonds is 2. The summed E-state index contributed by atoms with van der Waals surface area (Å²) >= 11 is 0. The minimum Gasteiger partial charge on any atom is -0.445 e. The van der Waals surface area contributed by atoms with Crippen molar-refractivity contribution in [2.45, 2.75) is 50.7 Å². The first-order valence-corrected chi connectivity index (χ1v) is 16.6. The van der Waals surface area contributed by atoms with Gasteiger partial charge in [0.2, 0.25) is 0 Å². The van der Waals surface area contributed by atoms with Gasteiger partial charge in [0.25, 0.3) is 0 Å². The largest absolute Gasteiger partial charge is 0.445 e. The second-order valence-electron chi connectivity index (χ2n) is 12.5. The molecule has 0 spiro atoms. The Hall–Kier alpha value is -5.60. The molecule has 8 heteroatoms. The SMILES string of the molecule is O=C1OC2CCCC2CN1c1ccc(C#Cc2ccccc2)cn1.O=C1OC2CCCC2CN1c1ccc(C#Cc2ccccc2)cn1. The summed E-state index contributed by atoms with van der Waals surface area (Å²) in [4.78, 5) is 36.4. The van der Waals surface area contributed by atoms with E-state index < -0.39 is 0 Å². The van der Waals surface area contributed by atoms with E-state index in [1.54, 1.807) is 22.2 Å². The normalized spacial score (nSPS) is 22.3. The van der Waals surface area contributed by atoms with E-state index in [1.165, 1.54) is 0 Å². The fourth-order valence-corrected chi connectivity index (χ4v) is 6.68. The number of carbonyl (C=O) groups excluding carboxylic acids is 2. The van der Waals surface area contributed by atoms with Gasteiger partial charge in [0, 0.05) is 59.6 Å². The van der Waals surface area contributed by atoms with Crippen molar-refractivity contribution in [2.75, 3.05) is 22.9 Å². The number of benzene rings is 2. The molecule has 4 aliphatic rings. The highest BCUT2D eigenvalue weighted by Crippen LogP contribution is 2.35. The van der Waals surface area contributed by atoms with Gasteiger partial charge < -0.3 is 9.47 Å². The molecular formula is C40H36N4O4. The van der Waals surface area contributed by atoms with Crippen molar-refractivity contribution in [3.8, 4) is 23.7 Å². The maximum Gasteiger partial charge on any atom is 0.415 e. The molecule has 48 heavy (non-hydrogen) atoms. The first-order valence-electron chi connectivity index (χ1n) is 16.6. The third-order valence-corrected chi connectivity index (χ3v) is 9.26. The van der Waals surface area contributed by atoms with Crippen molar-refractivity contribution >= 4 is 23.8 Å². The molecule has 2 saturated carbocycles. The summed E-state index contributed by atoms with van der Waals surface area (Å²) < 4.78 is 11.1. The van der Waals surface area contributed by atoms with E-state index >= 15 is 0 Å². The maximum absolute atomic E-state index is 12.2. The Labute approximate surface area is 281 Å². The van der Waals surface area contributed by atoms with Crippen molar-refractivity contribution in [1.29, 1.82) is 0 Å². The Balaban J connectivity index is 0.000000152. The number of amides is 2. The Bertz CT molecular complexity index is 1720. The monoisotopic (exact) mass is 636 g/mol. The minimum absolute atomic E-state index is 0.102. The highest BCUT2D eigenvalue weighted by Gasteiger charge is 2.40. The maximum atomic E-state index is 12.2. The van der Waals surface area contributed by atoms with Gasteiger partial charge in [-0.25, -0.2) is 19.6 Å². The van der Waals surface area contributed by atoms with Crippen molar-refractivity contribution < 1.29 is 19.1 Å². The van der Waals surface area contributed by atoms with Gasteiger partial charge in [-0.2, -0.15) is 0 Å². The molecule has 4 atom stereocenters. The first-order chi connectivity index (χ1) is 23.6. The second kappa shape index (κ2) is 14.4. The van der Waals surface area contributed by atoms with E-state index in [9.17, 15) is 9.59 Å². The van der Waals surface area contributed by atoms with Crippen LogP contribution in [-0.4, -0.2) is 47.5 Å². The molecule has 8 nitrogen and oxygen atoms in total. The number of fused-ring (bicyclic) bond motifs is 2. The summed E-state index contributed by atoms with van der Waals surface area (Å²) in [5.41, 5.74) is 3.58. The smallest absolute Gasteiger partial charge is 0.415 e. The van der Waals surface area contributed by atoms with Crippen LogP contribution in [0.2, 0.25) is 0 Å². The molecule has 2 saturated heterocycles. The topological polar surface area (TPSA) is 84.9 Å². The molecule has 0 N–H and O–H groups in total. The summed E-state index contributed by atoms with van der Waals surface area (Å²) in [5.74, 6) is 14.5. The van der Waals surface area contributed by atoms with Crippen molar-refractivity contribution in [3.63, 3.8) is 0 Å². The molecule has 2 aliphatic carbocycles. The lowest BCUT2D eigenvalue weighted by Gasteiger charge is -2.33. The second-order valence-corrected chi connectivity index (χ2v) is 12.5. The van der Waals surface area contributed by atoms with Gasteiger partial charge in [-0.3, -0.25) is 9.80 Å². The number of aromatic nitrogens is 2. The molecule has 2 aromatic heterocycles. The number of ether oxygens (including phenoxy) is 2. The van der Waals surface area contributed by atoms with Crippen LogP contribution in [0.5, 0.6) is 0 Å². The van der Waals surface area contributed by atoms with E-state index in [4.69, 9.17) is 9.47 Å². The third-order valence-electron chi connectivity index (χ3n) is 9.26. The van der Waals surface area contributed by atoms with Crippen molar-refractivity contribution in [3.05, 3.63) is 120 Å². The fraction of sp³-hybridized carbons (Fsp3) is 0.300. The van der Waals surface area contributed by atoms with E-state index in [0.717, 1.165) is 60.8 Å². The van der Waals surface area contributed by atoms with Gasteiger partial charge in [0.05, 0.1) is 0 Å². The first kappa shape index (κ1) is 31.0. The Kier molecular flexibility index (Phi) is 9.33. The number of nitrogens with zero attached hydrogens (tertiary/aromatic N) is 4. The summed E-state index contributed by atoms with van der Waals surface area (Å²) in [5, 5.41) is 0. The molecule has 2 amide bonds. The van der Waals surface area contributed by atoms with Gasteiger partial charge in [0.15, 0.2) is 0 Å². The summed E-state index contributed by atoms with van der Waals surface area (Å²) in [7, 11) is 0. The standard InChI is InChI=1S/2C20H18N2O2/c2*23-20-22(14-17-7-4-8-18(17)24-20)19-12-11-16(13-21-19)10-9-15-5-2-1-3-6-15/h2*1-3,5-6,11-13,17-18H,4,7-8,14H2. The molecule has 4 aromatic rings. The highest BCUT2D eigenvalue weighted by atomic mass is 16.6. The highest BCUT2D eigenvalue weighted by molar-refractivity contribution is 5.88. The Morgan fingerprint density at radius 1 is 0.521 bits per heavy atom.